The first kappa shape index (κ1) is 17.9. The van der Waals surface area contributed by atoms with Gasteiger partial charge in [0.15, 0.2) is 11.6 Å². The Balaban J connectivity index is 1.80. The first-order chi connectivity index (χ1) is 13.4. The molecule has 1 aliphatic rings. The molecule has 0 saturated carbocycles. The molecule has 0 saturated heterocycles. The van der Waals surface area contributed by atoms with E-state index in [1.807, 2.05) is 31.2 Å². The molecule has 0 spiro atoms. The average molecular weight is 378 g/mol. The van der Waals surface area contributed by atoms with Gasteiger partial charge in [0.1, 0.15) is 11.5 Å². The third-order valence-electron chi connectivity index (χ3n) is 4.83. The van der Waals surface area contributed by atoms with Gasteiger partial charge in [-0.05, 0) is 54.4 Å². The maximum atomic E-state index is 14.0. The van der Waals surface area contributed by atoms with Gasteiger partial charge < -0.3 is 15.3 Å². The van der Waals surface area contributed by atoms with E-state index in [9.17, 15) is 19.7 Å². The van der Waals surface area contributed by atoms with Crippen LogP contribution >= 0.6 is 0 Å². The van der Waals surface area contributed by atoms with Crippen LogP contribution in [0.25, 0.3) is 0 Å². The molecule has 28 heavy (non-hydrogen) atoms. The Morgan fingerprint density at radius 1 is 0.964 bits per heavy atom. The Morgan fingerprint density at radius 2 is 1.79 bits per heavy atom. The first-order valence-electron chi connectivity index (χ1n) is 8.86. The van der Waals surface area contributed by atoms with E-state index in [0.717, 1.165) is 11.3 Å². The monoisotopic (exact) mass is 378 g/mol. The summed E-state index contributed by atoms with van der Waals surface area (Å²) in [6.45, 7) is 1.98. The van der Waals surface area contributed by atoms with Gasteiger partial charge in [0.25, 0.3) is 0 Å². The van der Waals surface area contributed by atoms with Crippen molar-refractivity contribution in [2.24, 2.45) is 5.10 Å². The van der Waals surface area contributed by atoms with Crippen LogP contribution in [0.15, 0.2) is 65.8 Å². The van der Waals surface area contributed by atoms with Crippen molar-refractivity contribution in [1.29, 1.82) is 0 Å². The summed E-state index contributed by atoms with van der Waals surface area (Å²) in [5, 5.41) is 35.8. The van der Waals surface area contributed by atoms with Crippen LogP contribution < -0.4 is 5.01 Å². The maximum Gasteiger partial charge on any atom is 0.165 e. The molecule has 1 unspecified atom stereocenters. The van der Waals surface area contributed by atoms with Crippen molar-refractivity contribution in [2.45, 2.75) is 19.4 Å². The molecule has 3 N–H and O–H groups in total. The normalized spacial score (nSPS) is 16.3. The standard InChI is InChI=1S/C22H19FN2O3/c1-13-3-2-4-15(9-13)25-20(14-5-8-21(27)18(23)10-14)12-19(24-25)17-7-6-16(26)11-22(17)28/h2-11,20,26-28H,12H2,1H3. The number of hydrogen-bond donors (Lipinski definition) is 3. The molecular weight excluding hydrogens is 359 g/mol. The molecule has 142 valence electrons. The number of benzene rings is 3. The van der Waals surface area contributed by atoms with Crippen molar-refractivity contribution < 1.29 is 19.7 Å². The van der Waals surface area contributed by atoms with Crippen molar-refractivity contribution in [3.63, 3.8) is 0 Å². The minimum atomic E-state index is -0.692. The molecule has 1 heterocycles. The number of halogens is 1. The molecule has 3 aromatic rings. The van der Waals surface area contributed by atoms with E-state index in [1.165, 1.54) is 24.3 Å². The Morgan fingerprint density at radius 3 is 2.50 bits per heavy atom. The molecule has 0 radical (unpaired) electrons. The van der Waals surface area contributed by atoms with Crippen LogP contribution in [0.4, 0.5) is 10.1 Å². The van der Waals surface area contributed by atoms with E-state index in [2.05, 4.69) is 0 Å². The lowest BCUT2D eigenvalue weighted by molar-refractivity contribution is 0.431. The molecule has 5 nitrogen and oxygen atoms in total. The minimum Gasteiger partial charge on any atom is -0.508 e. The zero-order chi connectivity index (χ0) is 19.8. The Labute approximate surface area is 161 Å². The van der Waals surface area contributed by atoms with Crippen molar-refractivity contribution in [2.75, 3.05) is 5.01 Å². The third-order valence-corrected chi connectivity index (χ3v) is 4.83. The highest BCUT2D eigenvalue weighted by Crippen LogP contribution is 2.39. The number of phenols is 3. The van der Waals surface area contributed by atoms with Crippen molar-refractivity contribution in [3.05, 3.63) is 83.2 Å². The van der Waals surface area contributed by atoms with E-state index in [-0.39, 0.29) is 17.5 Å². The number of nitrogens with zero attached hydrogens (tertiary/aromatic N) is 2. The number of phenolic OH excluding ortho intramolecular Hbond substituents is 3. The van der Waals surface area contributed by atoms with Crippen LogP contribution in [-0.2, 0) is 0 Å². The highest BCUT2D eigenvalue weighted by Gasteiger charge is 2.31. The van der Waals surface area contributed by atoms with Crippen molar-refractivity contribution in [1.82, 2.24) is 0 Å². The predicted octanol–water partition coefficient (Wildman–Crippen LogP) is 4.61. The summed E-state index contributed by atoms with van der Waals surface area (Å²) in [4.78, 5) is 0. The Bertz CT molecular complexity index is 1080. The fourth-order valence-electron chi connectivity index (χ4n) is 3.44. The van der Waals surface area contributed by atoms with Gasteiger partial charge in [-0.2, -0.15) is 5.10 Å². The van der Waals surface area contributed by atoms with Gasteiger partial charge in [0.2, 0.25) is 0 Å². The van der Waals surface area contributed by atoms with Crippen LogP contribution in [0, 0.1) is 12.7 Å². The fraction of sp³-hybridized carbons (Fsp3) is 0.136. The smallest absolute Gasteiger partial charge is 0.165 e. The summed E-state index contributed by atoms with van der Waals surface area (Å²) in [7, 11) is 0. The van der Waals surface area contributed by atoms with Gasteiger partial charge in [-0.15, -0.1) is 0 Å². The fourth-order valence-corrected chi connectivity index (χ4v) is 3.44. The van der Waals surface area contributed by atoms with Gasteiger partial charge in [0, 0.05) is 18.1 Å². The molecule has 1 aliphatic heterocycles. The third kappa shape index (κ3) is 3.24. The van der Waals surface area contributed by atoms with Crippen molar-refractivity contribution in [3.8, 4) is 17.2 Å². The molecule has 0 aromatic heterocycles. The Kier molecular flexibility index (Phi) is 4.39. The first-order valence-corrected chi connectivity index (χ1v) is 8.86. The van der Waals surface area contributed by atoms with Crippen LogP contribution in [0.5, 0.6) is 17.2 Å². The summed E-state index contributed by atoms with van der Waals surface area (Å²) in [6.07, 6.45) is 0.427. The maximum absolute atomic E-state index is 14.0. The molecule has 0 bridgehead atoms. The minimum absolute atomic E-state index is 0.0347. The van der Waals surface area contributed by atoms with Gasteiger partial charge in [0.05, 0.1) is 17.4 Å². The van der Waals surface area contributed by atoms with Crippen molar-refractivity contribution >= 4 is 11.4 Å². The zero-order valence-electron chi connectivity index (χ0n) is 15.2. The largest absolute Gasteiger partial charge is 0.508 e. The van der Waals surface area contributed by atoms with Crippen LogP contribution in [-0.4, -0.2) is 21.0 Å². The van der Waals surface area contributed by atoms with Crippen LogP contribution in [0.1, 0.15) is 29.2 Å². The lowest BCUT2D eigenvalue weighted by atomic mass is 9.97. The second kappa shape index (κ2) is 6.88. The molecule has 3 aromatic carbocycles. The summed E-state index contributed by atoms with van der Waals surface area (Å²) >= 11 is 0. The van der Waals surface area contributed by atoms with Gasteiger partial charge in [-0.1, -0.05) is 18.2 Å². The molecule has 4 rings (SSSR count). The van der Waals surface area contributed by atoms with Gasteiger partial charge >= 0.3 is 0 Å². The number of hydrazone groups is 1. The molecule has 1 atom stereocenters. The van der Waals surface area contributed by atoms with Gasteiger partial charge in [-0.3, -0.25) is 5.01 Å². The second-order valence-electron chi connectivity index (χ2n) is 6.86. The summed E-state index contributed by atoms with van der Waals surface area (Å²) in [6, 6.07) is 16.2. The number of aryl methyl sites for hydroxylation is 1. The lowest BCUT2D eigenvalue weighted by Crippen LogP contribution is -2.18. The van der Waals surface area contributed by atoms with Gasteiger partial charge in [-0.25, -0.2) is 4.39 Å². The molecule has 0 amide bonds. The second-order valence-corrected chi connectivity index (χ2v) is 6.86. The van der Waals surface area contributed by atoms with E-state index < -0.39 is 11.6 Å². The Hall–Kier alpha value is -3.54. The van der Waals surface area contributed by atoms with Crippen LogP contribution in [0.3, 0.4) is 0 Å². The number of anilines is 1. The van der Waals surface area contributed by atoms with E-state index in [4.69, 9.17) is 5.10 Å². The summed E-state index contributed by atoms with van der Waals surface area (Å²) in [5.41, 5.74) is 3.69. The quantitative estimate of drug-likeness (QED) is 0.622. The SMILES string of the molecule is Cc1cccc(N2N=C(c3ccc(O)cc3O)CC2c2ccc(O)c(F)c2)c1. The summed E-state index contributed by atoms with van der Waals surface area (Å²) < 4.78 is 14.0. The molecule has 0 fully saturated rings. The van der Waals surface area contributed by atoms with E-state index in [0.29, 0.717) is 23.3 Å². The number of rotatable bonds is 3. The van der Waals surface area contributed by atoms with E-state index in [1.54, 1.807) is 17.1 Å². The predicted molar refractivity (Wildman–Crippen MR) is 105 cm³/mol. The average Bonchev–Trinajstić information content (AvgIpc) is 3.09. The van der Waals surface area contributed by atoms with Crippen LogP contribution in [0.2, 0.25) is 0 Å². The molecule has 6 heteroatoms. The topological polar surface area (TPSA) is 76.3 Å². The number of hydrogen-bond acceptors (Lipinski definition) is 5. The molecule has 0 aliphatic carbocycles. The highest BCUT2D eigenvalue weighted by molar-refractivity contribution is 6.05. The van der Waals surface area contributed by atoms with E-state index >= 15 is 0 Å². The summed E-state index contributed by atoms with van der Waals surface area (Å²) in [5.74, 6) is -1.20. The number of aromatic hydroxyl groups is 3. The lowest BCUT2D eigenvalue weighted by Gasteiger charge is -2.24. The molecular formula is C22H19FN2O3. The zero-order valence-corrected chi connectivity index (χ0v) is 15.2. The highest BCUT2D eigenvalue weighted by atomic mass is 19.1.